The van der Waals surface area contributed by atoms with Crippen LogP contribution in [0.15, 0.2) is 24.3 Å². The van der Waals surface area contributed by atoms with Crippen LogP contribution in [0.5, 0.6) is 0 Å². The Bertz CT molecular complexity index is 433. The van der Waals surface area contributed by atoms with Crippen LogP contribution in [0.25, 0.3) is 0 Å². The number of nitrogens with one attached hydrogen (secondary N) is 1. The van der Waals surface area contributed by atoms with E-state index < -0.39 is 17.7 Å². The minimum atomic E-state index is -1.08. The van der Waals surface area contributed by atoms with Gasteiger partial charge in [0.1, 0.15) is 12.4 Å². The highest BCUT2D eigenvalue weighted by molar-refractivity contribution is 5.80. The second kappa shape index (κ2) is 7.48. The van der Waals surface area contributed by atoms with Crippen molar-refractivity contribution in [3.8, 4) is 0 Å². The molecule has 19 heavy (non-hydrogen) atoms. The van der Waals surface area contributed by atoms with Gasteiger partial charge in [0.25, 0.3) is 0 Å². The third-order valence-corrected chi connectivity index (χ3v) is 2.51. The standard InChI is InChI=1S/C13H16FNO4/c1-2-19-8-12(16)15-7-11(13(17)18)9-3-5-10(14)6-4-9/h3-6,11H,2,7-8H2,1H3,(H,15,16)(H,17,18). The molecule has 1 atom stereocenters. The Labute approximate surface area is 110 Å². The number of halogens is 1. The van der Waals surface area contributed by atoms with Gasteiger partial charge in [-0.2, -0.15) is 0 Å². The fourth-order valence-electron chi connectivity index (χ4n) is 1.50. The maximum atomic E-state index is 12.8. The zero-order valence-electron chi connectivity index (χ0n) is 10.6. The third kappa shape index (κ3) is 5.05. The average Bonchev–Trinajstić information content (AvgIpc) is 2.38. The number of carbonyl (C=O) groups is 2. The molecule has 104 valence electrons. The molecule has 1 aromatic rings. The Hall–Kier alpha value is -1.95. The van der Waals surface area contributed by atoms with Gasteiger partial charge in [0, 0.05) is 13.2 Å². The van der Waals surface area contributed by atoms with Gasteiger partial charge in [-0.25, -0.2) is 4.39 Å². The highest BCUT2D eigenvalue weighted by atomic mass is 19.1. The average molecular weight is 269 g/mol. The van der Waals surface area contributed by atoms with E-state index in [1.807, 2.05) is 0 Å². The molecule has 0 aliphatic carbocycles. The van der Waals surface area contributed by atoms with E-state index in [2.05, 4.69) is 5.32 Å². The summed E-state index contributed by atoms with van der Waals surface area (Å²) in [6.07, 6.45) is 0. The lowest BCUT2D eigenvalue weighted by molar-refractivity contribution is -0.138. The quantitative estimate of drug-likeness (QED) is 0.778. The number of amides is 1. The number of carboxylic acids is 1. The number of benzene rings is 1. The second-order valence-electron chi connectivity index (χ2n) is 3.88. The molecule has 2 N–H and O–H groups in total. The monoisotopic (exact) mass is 269 g/mol. The summed E-state index contributed by atoms with van der Waals surface area (Å²) in [5.74, 6) is -2.81. The number of hydrogen-bond acceptors (Lipinski definition) is 3. The van der Waals surface area contributed by atoms with Crippen LogP contribution in [-0.4, -0.2) is 36.7 Å². The van der Waals surface area contributed by atoms with E-state index >= 15 is 0 Å². The van der Waals surface area contributed by atoms with Gasteiger partial charge < -0.3 is 15.2 Å². The van der Waals surface area contributed by atoms with Crippen molar-refractivity contribution < 1.29 is 23.8 Å². The summed E-state index contributed by atoms with van der Waals surface area (Å²) >= 11 is 0. The summed E-state index contributed by atoms with van der Waals surface area (Å²) in [6, 6.07) is 5.16. The normalized spacial score (nSPS) is 11.9. The zero-order chi connectivity index (χ0) is 14.3. The van der Waals surface area contributed by atoms with Crippen molar-refractivity contribution in [1.82, 2.24) is 5.32 Å². The summed E-state index contributed by atoms with van der Waals surface area (Å²) in [5, 5.41) is 11.6. The van der Waals surface area contributed by atoms with Gasteiger partial charge in [0.15, 0.2) is 0 Å². The van der Waals surface area contributed by atoms with Gasteiger partial charge >= 0.3 is 5.97 Å². The lowest BCUT2D eigenvalue weighted by atomic mass is 9.99. The molecular weight excluding hydrogens is 253 g/mol. The molecule has 0 aliphatic rings. The lowest BCUT2D eigenvalue weighted by Crippen LogP contribution is -2.34. The topological polar surface area (TPSA) is 75.6 Å². The molecule has 0 saturated heterocycles. The fourth-order valence-corrected chi connectivity index (χ4v) is 1.50. The van der Waals surface area contributed by atoms with Crippen LogP contribution in [0.1, 0.15) is 18.4 Å². The SMILES string of the molecule is CCOCC(=O)NCC(C(=O)O)c1ccc(F)cc1. The molecule has 0 saturated carbocycles. The van der Waals surface area contributed by atoms with Gasteiger partial charge in [-0.3, -0.25) is 9.59 Å². The predicted molar refractivity (Wildman–Crippen MR) is 66.3 cm³/mol. The van der Waals surface area contributed by atoms with Crippen molar-refractivity contribution in [2.24, 2.45) is 0 Å². The molecule has 0 spiro atoms. The van der Waals surface area contributed by atoms with Gasteiger partial charge in [-0.15, -0.1) is 0 Å². The highest BCUT2D eigenvalue weighted by Gasteiger charge is 2.20. The van der Waals surface area contributed by atoms with E-state index in [-0.39, 0.29) is 19.1 Å². The Morgan fingerprint density at radius 2 is 2.00 bits per heavy atom. The molecule has 1 unspecified atom stereocenters. The van der Waals surface area contributed by atoms with E-state index in [1.165, 1.54) is 24.3 Å². The molecule has 0 bridgehead atoms. The summed E-state index contributed by atoms with van der Waals surface area (Å²) in [4.78, 5) is 22.5. The van der Waals surface area contributed by atoms with Crippen molar-refractivity contribution in [2.45, 2.75) is 12.8 Å². The Kier molecular flexibility index (Phi) is 5.95. The molecule has 6 heteroatoms. The van der Waals surface area contributed by atoms with E-state index in [9.17, 15) is 14.0 Å². The summed E-state index contributed by atoms with van der Waals surface area (Å²) in [5.41, 5.74) is 0.436. The Balaban J connectivity index is 2.61. The van der Waals surface area contributed by atoms with Crippen molar-refractivity contribution in [2.75, 3.05) is 19.8 Å². The largest absolute Gasteiger partial charge is 0.481 e. The number of ether oxygens (including phenoxy) is 1. The fraction of sp³-hybridized carbons (Fsp3) is 0.385. The first-order chi connectivity index (χ1) is 9.04. The third-order valence-electron chi connectivity index (χ3n) is 2.51. The Morgan fingerprint density at radius 3 is 2.53 bits per heavy atom. The molecule has 1 aromatic carbocycles. The van der Waals surface area contributed by atoms with Crippen molar-refractivity contribution >= 4 is 11.9 Å². The highest BCUT2D eigenvalue weighted by Crippen LogP contribution is 2.15. The van der Waals surface area contributed by atoms with E-state index in [0.717, 1.165) is 0 Å². The van der Waals surface area contributed by atoms with Crippen molar-refractivity contribution in [3.05, 3.63) is 35.6 Å². The molecular formula is C13H16FNO4. The predicted octanol–water partition coefficient (Wildman–Crippen LogP) is 1.15. The lowest BCUT2D eigenvalue weighted by Gasteiger charge is -2.13. The molecule has 5 nitrogen and oxygen atoms in total. The first-order valence-electron chi connectivity index (χ1n) is 5.87. The van der Waals surface area contributed by atoms with Gasteiger partial charge in [-0.05, 0) is 24.6 Å². The molecule has 0 fully saturated rings. The molecule has 0 aromatic heterocycles. The molecule has 1 amide bonds. The molecule has 0 aliphatic heterocycles. The number of rotatable bonds is 7. The summed E-state index contributed by atoms with van der Waals surface area (Å²) in [6.45, 7) is 2.00. The van der Waals surface area contributed by atoms with Crippen LogP contribution in [0.4, 0.5) is 4.39 Å². The number of aliphatic carboxylic acids is 1. The minimum absolute atomic E-state index is 0.0626. The Morgan fingerprint density at radius 1 is 1.37 bits per heavy atom. The van der Waals surface area contributed by atoms with E-state index in [4.69, 9.17) is 9.84 Å². The number of hydrogen-bond donors (Lipinski definition) is 2. The van der Waals surface area contributed by atoms with E-state index in [0.29, 0.717) is 12.2 Å². The minimum Gasteiger partial charge on any atom is -0.481 e. The molecule has 1 rings (SSSR count). The number of carboxylic acid groups (broad SMARTS) is 1. The van der Waals surface area contributed by atoms with Crippen LogP contribution in [0.2, 0.25) is 0 Å². The second-order valence-corrected chi connectivity index (χ2v) is 3.88. The van der Waals surface area contributed by atoms with Crippen LogP contribution in [0, 0.1) is 5.82 Å². The first kappa shape index (κ1) is 15.1. The number of carbonyl (C=O) groups excluding carboxylic acids is 1. The zero-order valence-corrected chi connectivity index (χ0v) is 10.6. The van der Waals surface area contributed by atoms with Gasteiger partial charge in [0.2, 0.25) is 5.91 Å². The van der Waals surface area contributed by atoms with Crippen LogP contribution in [-0.2, 0) is 14.3 Å². The van der Waals surface area contributed by atoms with Crippen LogP contribution in [0.3, 0.4) is 0 Å². The summed E-state index contributed by atoms with van der Waals surface area (Å²) < 4.78 is 17.7. The maximum Gasteiger partial charge on any atom is 0.312 e. The summed E-state index contributed by atoms with van der Waals surface area (Å²) in [7, 11) is 0. The molecule has 0 heterocycles. The van der Waals surface area contributed by atoms with Crippen LogP contribution < -0.4 is 5.32 Å². The first-order valence-corrected chi connectivity index (χ1v) is 5.87. The smallest absolute Gasteiger partial charge is 0.312 e. The molecule has 0 radical (unpaired) electrons. The van der Waals surface area contributed by atoms with Gasteiger partial charge in [0.05, 0.1) is 5.92 Å². The maximum absolute atomic E-state index is 12.8. The van der Waals surface area contributed by atoms with Crippen LogP contribution >= 0.6 is 0 Å². The van der Waals surface area contributed by atoms with E-state index in [1.54, 1.807) is 6.92 Å². The van der Waals surface area contributed by atoms with Crippen molar-refractivity contribution in [1.29, 1.82) is 0 Å². The van der Waals surface area contributed by atoms with Crippen molar-refractivity contribution in [3.63, 3.8) is 0 Å². The van der Waals surface area contributed by atoms with Gasteiger partial charge in [-0.1, -0.05) is 12.1 Å².